The van der Waals surface area contributed by atoms with E-state index in [1.165, 1.54) is 11.3 Å². The van der Waals surface area contributed by atoms with Crippen LogP contribution < -0.4 is 10.1 Å². The lowest BCUT2D eigenvalue weighted by Crippen LogP contribution is -2.11. The quantitative estimate of drug-likeness (QED) is 0.564. The van der Waals surface area contributed by atoms with E-state index in [1.807, 2.05) is 61.5 Å². The molecule has 3 aromatic rings. The van der Waals surface area contributed by atoms with Gasteiger partial charge in [-0.2, -0.15) is 0 Å². The van der Waals surface area contributed by atoms with E-state index < -0.39 is 0 Å². The van der Waals surface area contributed by atoms with E-state index in [0.717, 1.165) is 25.7 Å². The summed E-state index contributed by atoms with van der Waals surface area (Å²) >= 11 is 3.59. The molecule has 0 unspecified atom stereocenters. The minimum Gasteiger partial charge on any atom is -0.486 e. The highest BCUT2D eigenvalue weighted by atomic mass is 127. The van der Waals surface area contributed by atoms with Gasteiger partial charge in [-0.05, 0) is 65.9 Å². The predicted molar refractivity (Wildman–Crippen MR) is 105 cm³/mol. The first-order valence-corrected chi connectivity index (χ1v) is 9.22. The maximum Gasteiger partial charge on any atom is 0.267 e. The lowest BCUT2D eigenvalue weighted by Gasteiger charge is -2.04. The standard InChI is InChI=1S/C18H15IN2O2S/c1-12-17(18(22)21-14-9-7-13(19)8-10-14)24-16(20-12)11-23-15-5-3-2-4-6-15/h2-10H,11H2,1H3,(H,21,22). The van der Waals surface area contributed by atoms with Crippen molar-refractivity contribution in [2.45, 2.75) is 13.5 Å². The lowest BCUT2D eigenvalue weighted by atomic mass is 10.3. The van der Waals surface area contributed by atoms with Gasteiger partial charge in [-0.25, -0.2) is 4.98 Å². The molecule has 0 aliphatic heterocycles. The first kappa shape index (κ1) is 16.9. The van der Waals surface area contributed by atoms with E-state index in [4.69, 9.17) is 4.74 Å². The van der Waals surface area contributed by atoms with Crippen LogP contribution in [0.4, 0.5) is 5.69 Å². The molecule has 122 valence electrons. The molecular formula is C18H15IN2O2S. The van der Waals surface area contributed by atoms with Crippen LogP contribution in [-0.2, 0) is 6.61 Å². The summed E-state index contributed by atoms with van der Waals surface area (Å²) in [7, 11) is 0. The molecule has 0 spiro atoms. The molecule has 24 heavy (non-hydrogen) atoms. The zero-order valence-electron chi connectivity index (χ0n) is 13.0. The van der Waals surface area contributed by atoms with Crippen molar-refractivity contribution < 1.29 is 9.53 Å². The fourth-order valence-electron chi connectivity index (χ4n) is 2.11. The van der Waals surface area contributed by atoms with Crippen LogP contribution in [0.1, 0.15) is 20.4 Å². The first-order chi connectivity index (χ1) is 11.6. The molecular weight excluding hydrogens is 435 g/mol. The van der Waals surface area contributed by atoms with Crippen LogP contribution in [0.2, 0.25) is 0 Å². The van der Waals surface area contributed by atoms with Crippen molar-refractivity contribution in [3.05, 3.63) is 73.7 Å². The molecule has 1 aromatic heterocycles. The number of amides is 1. The minimum atomic E-state index is -0.142. The number of nitrogens with one attached hydrogen (secondary N) is 1. The monoisotopic (exact) mass is 450 g/mol. The molecule has 4 nitrogen and oxygen atoms in total. The van der Waals surface area contributed by atoms with Crippen molar-refractivity contribution in [2.75, 3.05) is 5.32 Å². The number of aryl methyl sites for hydroxylation is 1. The van der Waals surface area contributed by atoms with E-state index in [2.05, 4.69) is 32.9 Å². The highest BCUT2D eigenvalue weighted by Crippen LogP contribution is 2.22. The van der Waals surface area contributed by atoms with Crippen molar-refractivity contribution >= 4 is 45.5 Å². The van der Waals surface area contributed by atoms with Gasteiger partial charge < -0.3 is 10.1 Å². The number of rotatable bonds is 5. The van der Waals surface area contributed by atoms with Gasteiger partial charge in [0.05, 0.1) is 5.69 Å². The molecule has 0 aliphatic rings. The molecule has 0 bridgehead atoms. The zero-order chi connectivity index (χ0) is 16.9. The maximum atomic E-state index is 12.4. The van der Waals surface area contributed by atoms with Crippen LogP contribution in [0.5, 0.6) is 5.75 Å². The molecule has 0 radical (unpaired) electrons. The highest BCUT2D eigenvalue weighted by molar-refractivity contribution is 14.1. The summed E-state index contributed by atoms with van der Waals surface area (Å²) in [5.41, 5.74) is 1.49. The third-order valence-corrected chi connectivity index (χ3v) is 5.10. The van der Waals surface area contributed by atoms with Gasteiger partial charge in [0, 0.05) is 9.26 Å². The number of aromatic nitrogens is 1. The second-order valence-corrected chi connectivity index (χ2v) is 7.41. The van der Waals surface area contributed by atoms with E-state index in [1.54, 1.807) is 0 Å². The molecule has 0 saturated carbocycles. The zero-order valence-corrected chi connectivity index (χ0v) is 15.9. The van der Waals surface area contributed by atoms with Crippen LogP contribution in [0, 0.1) is 10.5 Å². The number of carbonyl (C=O) groups is 1. The van der Waals surface area contributed by atoms with Gasteiger partial charge in [-0.1, -0.05) is 18.2 Å². The summed E-state index contributed by atoms with van der Waals surface area (Å²) in [6, 6.07) is 17.2. The second-order valence-electron chi connectivity index (χ2n) is 5.08. The second kappa shape index (κ2) is 7.76. The van der Waals surface area contributed by atoms with E-state index in [9.17, 15) is 4.79 Å². The van der Waals surface area contributed by atoms with Gasteiger partial charge in [0.15, 0.2) is 0 Å². The van der Waals surface area contributed by atoms with Crippen molar-refractivity contribution in [1.82, 2.24) is 4.98 Å². The SMILES string of the molecule is Cc1nc(COc2ccccc2)sc1C(=O)Nc1ccc(I)cc1. The fraction of sp³-hybridized carbons (Fsp3) is 0.111. The number of carbonyl (C=O) groups excluding carboxylic acids is 1. The Balaban J connectivity index is 1.66. The smallest absolute Gasteiger partial charge is 0.267 e. The molecule has 3 rings (SSSR count). The summed E-state index contributed by atoms with van der Waals surface area (Å²) in [6.45, 7) is 2.19. The number of thiazole rings is 1. The number of para-hydroxylation sites is 1. The number of ether oxygens (including phenoxy) is 1. The number of benzene rings is 2. The fourth-order valence-corrected chi connectivity index (χ4v) is 3.34. The molecule has 0 saturated heterocycles. The Kier molecular flexibility index (Phi) is 5.47. The topological polar surface area (TPSA) is 51.2 Å². The Hall–Kier alpha value is -1.93. The average Bonchev–Trinajstić information content (AvgIpc) is 2.97. The maximum absolute atomic E-state index is 12.4. The van der Waals surface area contributed by atoms with Crippen LogP contribution >= 0.6 is 33.9 Å². The van der Waals surface area contributed by atoms with Gasteiger partial charge >= 0.3 is 0 Å². The largest absolute Gasteiger partial charge is 0.486 e. The Morgan fingerprint density at radius 2 is 1.88 bits per heavy atom. The molecule has 2 aromatic carbocycles. The molecule has 1 N–H and O–H groups in total. The van der Waals surface area contributed by atoms with Gasteiger partial charge in [0.2, 0.25) is 0 Å². The van der Waals surface area contributed by atoms with E-state index in [0.29, 0.717) is 11.5 Å². The van der Waals surface area contributed by atoms with Crippen molar-refractivity contribution in [3.63, 3.8) is 0 Å². The molecule has 6 heteroatoms. The summed E-state index contributed by atoms with van der Waals surface area (Å²) in [6.07, 6.45) is 0. The summed E-state index contributed by atoms with van der Waals surface area (Å²) in [5, 5.41) is 3.68. The molecule has 0 aliphatic carbocycles. The number of nitrogens with zero attached hydrogens (tertiary/aromatic N) is 1. The number of halogens is 1. The van der Waals surface area contributed by atoms with Gasteiger partial charge in [-0.3, -0.25) is 4.79 Å². The van der Waals surface area contributed by atoms with Crippen LogP contribution in [-0.4, -0.2) is 10.9 Å². The number of hydrogen-bond donors (Lipinski definition) is 1. The minimum absolute atomic E-state index is 0.142. The highest BCUT2D eigenvalue weighted by Gasteiger charge is 2.15. The predicted octanol–water partition coefficient (Wildman–Crippen LogP) is 4.89. The first-order valence-electron chi connectivity index (χ1n) is 7.33. The molecule has 1 amide bonds. The van der Waals surface area contributed by atoms with Gasteiger partial charge in [0.1, 0.15) is 22.2 Å². The Morgan fingerprint density at radius 3 is 2.58 bits per heavy atom. The van der Waals surface area contributed by atoms with Crippen molar-refractivity contribution in [1.29, 1.82) is 0 Å². The third-order valence-electron chi connectivity index (χ3n) is 3.25. The van der Waals surface area contributed by atoms with Crippen LogP contribution in [0.3, 0.4) is 0 Å². The van der Waals surface area contributed by atoms with Gasteiger partial charge in [0.25, 0.3) is 5.91 Å². The Labute approximate surface area is 158 Å². The van der Waals surface area contributed by atoms with Crippen molar-refractivity contribution in [3.8, 4) is 5.75 Å². The van der Waals surface area contributed by atoms with Gasteiger partial charge in [-0.15, -0.1) is 11.3 Å². The lowest BCUT2D eigenvalue weighted by molar-refractivity contribution is 0.103. The van der Waals surface area contributed by atoms with E-state index in [-0.39, 0.29) is 5.91 Å². The summed E-state index contributed by atoms with van der Waals surface area (Å²) < 4.78 is 6.81. The van der Waals surface area contributed by atoms with Crippen LogP contribution in [0.25, 0.3) is 0 Å². The Morgan fingerprint density at radius 1 is 1.17 bits per heavy atom. The summed E-state index contributed by atoms with van der Waals surface area (Å²) in [5.74, 6) is 0.646. The molecule has 0 fully saturated rings. The molecule has 1 heterocycles. The summed E-state index contributed by atoms with van der Waals surface area (Å²) in [4.78, 5) is 17.5. The van der Waals surface area contributed by atoms with E-state index >= 15 is 0 Å². The number of hydrogen-bond acceptors (Lipinski definition) is 4. The normalized spacial score (nSPS) is 10.4. The molecule has 0 atom stereocenters. The third kappa shape index (κ3) is 4.33. The van der Waals surface area contributed by atoms with Crippen molar-refractivity contribution in [2.24, 2.45) is 0 Å². The number of anilines is 1. The Bertz CT molecular complexity index is 832. The van der Waals surface area contributed by atoms with Crippen LogP contribution in [0.15, 0.2) is 54.6 Å². The average molecular weight is 450 g/mol.